The van der Waals surface area contributed by atoms with Gasteiger partial charge in [-0.3, -0.25) is 9.69 Å². The predicted molar refractivity (Wildman–Crippen MR) is 84.6 cm³/mol. The summed E-state index contributed by atoms with van der Waals surface area (Å²) in [7, 11) is 0. The van der Waals surface area contributed by atoms with Gasteiger partial charge in [-0.25, -0.2) is 0 Å². The molecular formula is C16H33N3O. The molecule has 0 aromatic heterocycles. The molecule has 1 saturated heterocycles. The summed E-state index contributed by atoms with van der Waals surface area (Å²) in [6.45, 7) is 10.5. The Morgan fingerprint density at radius 2 is 1.90 bits per heavy atom. The molecule has 0 radical (unpaired) electrons. The molecule has 1 fully saturated rings. The lowest BCUT2D eigenvalue weighted by atomic mass is 9.93. The molecule has 3 N–H and O–H groups in total. The van der Waals surface area contributed by atoms with Crippen molar-refractivity contribution in [2.24, 2.45) is 5.73 Å². The van der Waals surface area contributed by atoms with Gasteiger partial charge in [0.2, 0.25) is 5.91 Å². The monoisotopic (exact) mass is 283 g/mol. The fraction of sp³-hybridized carbons (Fsp3) is 0.938. The Morgan fingerprint density at radius 1 is 1.30 bits per heavy atom. The van der Waals surface area contributed by atoms with Crippen LogP contribution in [0.4, 0.5) is 0 Å². The lowest BCUT2D eigenvalue weighted by Gasteiger charge is -2.39. The number of hydrogen-bond donors (Lipinski definition) is 2. The van der Waals surface area contributed by atoms with E-state index in [0.29, 0.717) is 12.1 Å². The minimum absolute atomic E-state index is 0.237. The SMILES string of the molecule is CCNC(C)(CCCCN1C(C)CCCC1C)C(N)=O. The number of unbranched alkanes of at least 4 members (excludes halogenated alkanes) is 1. The smallest absolute Gasteiger partial charge is 0.237 e. The minimum atomic E-state index is -0.548. The Hall–Kier alpha value is -0.610. The van der Waals surface area contributed by atoms with E-state index in [4.69, 9.17) is 5.73 Å². The van der Waals surface area contributed by atoms with Gasteiger partial charge in [-0.2, -0.15) is 0 Å². The molecule has 0 bridgehead atoms. The van der Waals surface area contributed by atoms with Crippen molar-refractivity contribution in [1.82, 2.24) is 10.2 Å². The van der Waals surface area contributed by atoms with Crippen LogP contribution in [-0.4, -0.2) is 41.5 Å². The van der Waals surface area contributed by atoms with Crippen LogP contribution in [0.15, 0.2) is 0 Å². The number of amides is 1. The number of likely N-dealkylation sites (tertiary alicyclic amines) is 1. The molecule has 0 aromatic carbocycles. The third kappa shape index (κ3) is 4.74. The molecule has 1 rings (SSSR count). The Morgan fingerprint density at radius 3 is 2.40 bits per heavy atom. The van der Waals surface area contributed by atoms with Crippen LogP contribution >= 0.6 is 0 Å². The molecule has 118 valence electrons. The number of nitrogens with two attached hydrogens (primary N) is 1. The van der Waals surface area contributed by atoms with E-state index in [0.717, 1.165) is 32.4 Å². The summed E-state index contributed by atoms with van der Waals surface area (Å²) in [6, 6.07) is 1.41. The first-order valence-corrected chi connectivity index (χ1v) is 8.21. The lowest BCUT2D eigenvalue weighted by Crippen LogP contribution is -2.53. The Labute approximate surface area is 124 Å². The fourth-order valence-corrected chi connectivity index (χ4v) is 3.38. The van der Waals surface area contributed by atoms with Crippen LogP contribution in [0.5, 0.6) is 0 Å². The molecule has 1 heterocycles. The van der Waals surface area contributed by atoms with Crippen molar-refractivity contribution < 1.29 is 4.79 Å². The van der Waals surface area contributed by atoms with E-state index in [2.05, 4.69) is 24.1 Å². The normalized spacial score (nSPS) is 27.2. The van der Waals surface area contributed by atoms with Crippen molar-refractivity contribution in [2.45, 2.75) is 83.8 Å². The van der Waals surface area contributed by atoms with Gasteiger partial charge in [-0.1, -0.05) is 13.3 Å². The van der Waals surface area contributed by atoms with E-state index in [9.17, 15) is 4.79 Å². The second-order valence-corrected chi connectivity index (χ2v) is 6.55. The predicted octanol–water partition coefficient (Wildman–Crippen LogP) is 2.27. The third-order valence-corrected chi connectivity index (χ3v) is 4.83. The number of nitrogens with one attached hydrogen (secondary N) is 1. The highest BCUT2D eigenvalue weighted by Crippen LogP contribution is 2.23. The first-order valence-electron chi connectivity index (χ1n) is 8.21. The summed E-state index contributed by atoms with van der Waals surface area (Å²) < 4.78 is 0. The maximum absolute atomic E-state index is 11.6. The highest BCUT2D eigenvalue weighted by Gasteiger charge is 2.29. The van der Waals surface area contributed by atoms with Crippen LogP contribution in [0.2, 0.25) is 0 Å². The summed E-state index contributed by atoms with van der Waals surface area (Å²) in [5.41, 5.74) is 4.97. The van der Waals surface area contributed by atoms with Crippen LogP contribution in [0.3, 0.4) is 0 Å². The van der Waals surface area contributed by atoms with Gasteiger partial charge in [-0.05, 0) is 66.0 Å². The van der Waals surface area contributed by atoms with E-state index < -0.39 is 5.54 Å². The van der Waals surface area contributed by atoms with Crippen molar-refractivity contribution in [1.29, 1.82) is 0 Å². The quantitative estimate of drug-likeness (QED) is 0.672. The number of likely N-dealkylation sites (N-methyl/N-ethyl adjacent to an activating group) is 1. The Balaban J connectivity index is 2.34. The van der Waals surface area contributed by atoms with Crippen molar-refractivity contribution >= 4 is 5.91 Å². The van der Waals surface area contributed by atoms with Crippen LogP contribution in [0.1, 0.15) is 66.2 Å². The highest BCUT2D eigenvalue weighted by molar-refractivity contribution is 5.84. The maximum atomic E-state index is 11.6. The first kappa shape index (κ1) is 17.4. The summed E-state index contributed by atoms with van der Waals surface area (Å²) in [5, 5.41) is 3.23. The van der Waals surface area contributed by atoms with Gasteiger partial charge >= 0.3 is 0 Å². The van der Waals surface area contributed by atoms with Gasteiger partial charge in [0.05, 0.1) is 5.54 Å². The van der Waals surface area contributed by atoms with Crippen molar-refractivity contribution in [3.05, 3.63) is 0 Å². The van der Waals surface area contributed by atoms with Crippen molar-refractivity contribution in [3.8, 4) is 0 Å². The molecule has 1 aliphatic heterocycles. The first-order chi connectivity index (χ1) is 9.40. The number of rotatable bonds is 8. The average molecular weight is 283 g/mol. The van der Waals surface area contributed by atoms with Crippen LogP contribution < -0.4 is 11.1 Å². The number of piperidine rings is 1. The maximum Gasteiger partial charge on any atom is 0.237 e. The van der Waals surface area contributed by atoms with Gasteiger partial charge in [0.1, 0.15) is 0 Å². The average Bonchev–Trinajstić information content (AvgIpc) is 2.37. The molecule has 1 aliphatic rings. The van der Waals surface area contributed by atoms with Gasteiger partial charge in [0.15, 0.2) is 0 Å². The zero-order chi connectivity index (χ0) is 15.2. The lowest BCUT2D eigenvalue weighted by molar-refractivity contribution is -0.124. The summed E-state index contributed by atoms with van der Waals surface area (Å²) in [4.78, 5) is 14.2. The van der Waals surface area contributed by atoms with Gasteiger partial charge in [0.25, 0.3) is 0 Å². The van der Waals surface area contributed by atoms with Gasteiger partial charge in [-0.15, -0.1) is 0 Å². The zero-order valence-corrected chi connectivity index (χ0v) is 13.7. The second-order valence-electron chi connectivity index (χ2n) is 6.55. The molecule has 4 heteroatoms. The minimum Gasteiger partial charge on any atom is -0.368 e. The second kappa shape index (κ2) is 7.99. The van der Waals surface area contributed by atoms with Gasteiger partial charge < -0.3 is 11.1 Å². The van der Waals surface area contributed by atoms with E-state index in [1.54, 1.807) is 0 Å². The molecule has 3 unspecified atom stereocenters. The molecule has 4 nitrogen and oxygen atoms in total. The molecule has 0 aromatic rings. The summed E-state index contributed by atoms with van der Waals surface area (Å²) >= 11 is 0. The third-order valence-electron chi connectivity index (χ3n) is 4.83. The van der Waals surface area contributed by atoms with Crippen LogP contribution in [0, 0.1) is 0 Å². The molecule has 0 aliphatic carbocycles. The number of carbonyl (C=O) groups excluding carboxylic acids is 1. The zero-order valence-electron chi connectivity index (χ0n) is 13.7. The molecule has 3 atom stereocenters. The largest absolute Gasteiger partial charge is 0.368 e. The Kier molecular flexibility index (Phi) is 6.96. The number of primary amides is 1. The number of hydrogen-bond acceptors (Lipinski definition) is 3. The fourth-order valence-electron chi connectivity index (χ4n) is 3.38. The van der Waals surface area contributed by atoms with E-state index in [1.165, 1.54) is 19.3 Å². The molecular weight excluding hydrogens is 250 g/mol. The molecule has 0 spiro atoms. The van der Waals surface area contributed by atoms with E-state index in [-0.39, 0.29) is 5.91 Å². The van der Waals surface area contributed by atoms with Gasteiger partial charge in [0, 0.05) is 12.1 Å². The number of nitrogens with zero attached hydrogens (tertiary/aromatic N) is 1. The summed E-state index contributed by atoms with van der Waals surface area (Å²) in [5.74, 6) is -0.237. The topological polar surface area (TPSA) is 58.4 Å². The van der Waals surface area contributed by atoms with Crippen LogP contribution in [-0.2, 0) is 4.79 Å². The van der Waals surface area contributed by atoms with Crippen molar-refractivity contribution in [3.63, 3.8) is 0 Å². The highest BCUT2D eigenvalue weighted by atomic mass is 16.1. The molecule has 0 saturated carbocycles. The Bertz CT molecular complexity index is 298. The van der Waals surface area contributed by atoms with E-state index >= 15 is 0 Å². The summed E-state index contributed by atoms with van der Waals surface area (Å²) in [6.07, 6.45) is 7.01. The number of carbonyl (C=O) groups is 1. The van der Waals surface area contributed by atoms with Crippen LogP contribution in [0.25, 0.3) is 0 Å². The standard InChI is InChI=1S/C16H33N3O/c1-5-18-16(4,15(17)20)11-6-7-12-19-13(2)9-8-10-14(19)3/h13-14,18H,5-12H2,1-4H3,(H2,17,20). The van der Waals surface area contributed by atoms with E-state index in [1.807, 2.05) is 13.8 Å². The molecule has 1 amide bonds. The molecule has 20 heavy (non-hydrogen) atoms. The van der Waals surface area contributed by atoms with Crippen molar-refractivity contribution in [2.75, 3.05) is 13.1 Å².